The second-order valence-corrected chi connectivity index (χ2v) is 7.87. The maximum Gasteiger partial charge on any atom is 0.355 e. The highest BCUT2D eigenvalue weighted by molar-refractivity contribution is 7.92. The zero-order valence-corrected chi connectivity index (χ0v) is 15.0. The van der Waals surface area contributed by atoms with E-state index in [0.717, 1.165) is 11.3 Å². The third kappa shape index (κ3) is 5.26. The minimum absolute atomic E-state index is 0.0416. The Balaban J connectivity index is 2.10. The third-order valence-electron chi connectivity index (χ3n) is 3.08. The van der Waals surface area contributed by atoms with E-state index in [0.29, 0.717) is 11.4 Å². The van der Waals surface area contributed by atoms with Crippen LogP contribution in [0.2, 0.25) is 0 Å². The van der Waals surface area contributed by atoms with Crippen molar-refractivity contribution in [2.45, 2.75) is 19.9 Å². The topological polar surface area (TPSA) is 125 Å². The summed E-state index contributed by atoms with van der Waals surface area (Å²) in [5, 5.41) is 13.3. The summed E-state index contributed by atoms with van der Waals surface area (Å²) >= 11 is 1.12. The van der Waals surface area contributed by atoms with E-state index in [1.807, 2.05) is 0 Å². The van der Waals surface area contributed by atoms with Gasteiger partial charge in [0.15, 0.2) is 5.69 Å². The number of thiazole rings is 1. The van der Waals surface area contributed by atoms with Gasteiger partial charge in [0.2, 0.25) is 10.0 Å². The van der Waals surface area contributed by atoms with E-state index >= 15 is 0 Å². The number of hydrogen-bond donors (Lipinski definition) is 3. The molecule has 0 fully saturated rings. The van der Waals surface area contributed by atoms with Gasteiger partial charge in [0.25, 0.3) is 5.91 Å². The first-order chi connectivity index (χ1) is 11.8. The number of benzene rings is 1. The molecule has 0 aliphatic carbocycles. The number of aromatic nitrogens is 1. The molecule has 0 unspecified atom stereocenters. The maximum atomic E-state index is 12.3. The van der Waals surface area contributed by atoms with E-state index < -0.39 is 21.9 Å². The van der Waals surface area contributed by atoms with Gasteiger partial charge in [-0.15, -0.1) is 11.3 Å². The lowest BCUT2D eigenvalue weighted by atomic mass is 10.1. The van der Waals surface area contributed by atoms with Crippen LogP contribution in [0.4, 0.5) is 5.69 Å². The Kier molecular flexibility index (Phi) is 6.10. The van der Waals surface area contributed by atoms with Crippen molar-refractivity contribution in [2.75, 3.05) is 10.5 Å². The molecule has 1 aromatic carbocycles. The largest absolute Gasteiger partial charge is 0.476 e. The van der Waals surface area contributed by atoms with E-state index in [1.165, 1.54) is 17.5 Å². The van der Waals surface area contributed by atoms with Gasteiger partial charge in [-0.3, -0.25) is 9.52 Å². The average Bonchev–Trinajstić information content (AvgIpc) is 3.02. The highest BCUT2D eigenvalue weighted by Crippen LogP contribution is 2.17. The lowest BCUT2D eigenvalue weighted by molar-refractivity contribution is 0.0691. The molecule has 0 aliphatic heterocycles. The number of para-hydroxylation sites is 1. The summed E-state index contributed by atoms with van der Waals surface area (Å²) in [6.45, 7) is 1.80. The highest BCUT2D eigenvalue weighted by atomic mass is 32.2. The smallest absolute Gasteiger partial charge is 0.355 e. The fourth-order valence-corrected chi connectivity index (χ4v) is 3.86. The Hall–Kier alpha value is -2.46. The second-order valence-electron chi connectivity index (χ2n) is 5.08. The number of carboxylic acid groups (broad SMARTS) is 1. The highest BCUT2D eigenvalue weighted by Gasteiger charge is 2.16. The molecule has 134 valence electrons. The molecule has 0 spiro atoms. The minimum Gasteiger partial charge on any atom is -0.476 e. The second kappa shape index (κ2) is 8.08. The Morgan fingerprint density at radius 3 is 2.64 bits per heavy atom. The summed E-state index contributed by atoms with van der Waals surface area (Å²) in [6, 6.07) is 6.26. The fourth-order valence-electron chi connectivity index (χ4n) is 2.00. The maximum absolute atomic E-state index is 12.3. The number of carbonyl (C=O) groups is 2. The van der Waals surface area contributed by atoms with E-state index in [2.05, 4.69) is 15.0 Å². The van der Waals surface area contributed by atoms with Crippen molar-refractivity contribution in [3.8, 4) is 0 Å². The predicted molar refractivity (Wildman–Crippen MR) is 94.4 cm³/mol. The first kappa shape index (κ1) is 18.9. The number of carbonyl (C=O) groups excluding carboxylic acids is 1. The molecule has 1 amide bonds. The van der Waals surface area contributed by atoms with Crippen LogP contribution in [0.3, 0.4) is 0 Å². The van der Waals surface area contributed by atoms with Gasteiger partial charge in [-0.05, 0) is 18.6 Å². The number of anilines is 1. The average molecular weight is 383 g/mol. The molecule has 0 aliphatic rings. The Labute approximate surface area is 149 Å². The summed E-state index contributed by atoms with van der Waals surface area (Å²) in [5.41, 5.74) is 0.290. The number of sulfonamides is 1. The summed E-state index contributed by atoms with van der Waals surface area (Å²) in [6.07, 6.45) is 0.458. The fraction of sp³-hybridized carbons (Fsp3) is 0.267. The Morgan fingerprint density at radius 1 is 1.28 bits per heavy atom. The van der Waals surface area contributed by atoms with Gasteiger partial charge in [-0.1, -0.05) is 19.1 Å². The molecule has 0 saturated heterocycles. The van der Waals surface area contributed by atoms with Gasteiger partial charge in [-0.25, -0.2) is 18.2 Å². The van der Waals surface area contributed by atoms with Gasteiger partial charge in [0.05, 0.1) is 23.5 Å². The van der Waals surface area contributed by atoms with E-state index in [1.54, 1.807) is 19.1 Å². The van der Waals surface area contributed by atoms with Crippen LogP contribution in [0.25, 0.3) is 0 Å². The standard InChI is InChI=1S/C15H17N3O5S2/c1-2-7-25(22,23)18-11-6-4-3-5-10(11)14(19)16-8-13-17-12(9-24-13)15(20)21/h3-6,9,18H,2,7-8H2,1H3,(H,16,19)(H,20,21). The number of hydrogen-bond acceptors (Lipinski definition) is 6. The van der Waals surface area contributed by atoms with Gasteiger partial charge in [-0.2, -0.15) is 0 Å². The first-order valence-corrected chi connectivity index (χ1v) is 9.91. The van der Waals surface area contributed by atoms with Crippen LogP contribution in [0.5, 0.6) is 0 Å². The molecule has 25 heavy (non-hydrogen) atoms. The lowest BCUT2D eigenvalue weighted by Gasteiger charge is -2.12. The van der Waals surface area contributed by atoms with Crippen LogP contribution >= 0.6 is 11.3 Å². The lowest BCUT2D eigenvalue weighted by Crippen LogP contribution is -2.25. The van der Waals surface area contributed by atoms with Gasteiger partial charge >= 0.3 is 5.97 Å². The molecule has 0 saturated carbocycles. The van der Waals surface area contributed by atoms with Crippen molar-refractivity contribution in [1.82, 2.24) is 10.3 Å². The number of amides is 1. The molecule has 0 radical (unpaired) electrons. The molecule has 8 nitrogen and oxygen atoms in total. The molecule has 0 bridgehead atoms. The van der Waals surface area contributed by atoms with E-state index in [4.69, 9.17) is 5.11 Å². The molecule has 2 rings (SSSR count). The quantitative estimate of drug-likeness (QED) is 0.639. The van der Waals surface area contributed by atoms with E-state index in [9.17, 15) is 18.0 Å². The molecular weight excluding hydrogens is 366 g/mol. The number of aromatic carboxylic acids is 1. The van der Waals surface area contributed by atoms with Gasteiger partial charge in [0.1, 0.15) is 5.01 Å². The zero-order chi connectivity index (χ0) is 18.4. The van der Waals surface area contributed by atoms with Crippen molar-refractivity contribution in [1.29, 1.82) is 0 Å². The van der Waals surface area contributed by atoms with Crippen LogP contribution in [0.15, 0.2) is 29.6 Å². The van der Waals surface area contributed by atoms with E-state index in [-0.39, 0.29) is 29.2 Å². The Morgan fingerprint density at radius 2 is 2.00 bits per heavy atom. The van der Waals surface area contributed by atoms with Crippen LogP contribution in [0.1, 0.15) is 39.2 Å². The summed E-state index contributed by atoms with van der Waals surface area (Å²) < 4.78 is 26.2. The summed E-state index contributed by atoms with van der Waals surface area (Å²) in [5.74, 6) is -1.66. The predicted octanol–water partition coefficient (Wildman–Crippen LogP) is 1.92. The molecule has 1 heterocycles. The first-order valence-electron chi connectivity index (χ1n) is 7.38. The van der Waals surface area contributed by atoms with Gasteiger partial charge < -0.3 is 10.4 Å². The Bertz CT molecular complexity index is 877. The zero-order valence-electron chi connectivity index (χ0n) is 13.4. The van der Waals surface area contributed by atoms with Crippen LogP contribution in [-0.2, 0) is 16.6 Å². The summed E-state index contributed by atoms with van der Waals surface area (Å²) in [4.78, 5) is 27.0. The minimum atomic E-state index is -3.52. The van der Waals surface area contributed by atoms with Crippen LogP contribution in [0, 0.1) is 0 Å². The number of nitrogens with one attached hydrogen (secondary N) is 2. The molecule has 1 aromatic heterocycles. The number of nitrogens with zero attached hydrogens (tertiary/aromatic N) is 1. The third-order valence-corrected chi connectivity index (χ3v) is 5.41. The van der Waals surface area contributed by atoms with Crippen LogP contribution < -0.4 is 10.0 Å². The van der Waals surface area contributed by atoms with Crippen molar-refractivity contribution < 1.29 is 23.1 Å². The van der Waals surface area contributed by atoms with Crippen molar-refractivity contribution in [3.05, 3.63) is 45.9 Å². The normalized spacial score (nSPS) is 11.1. The molecule has 3 N–H and O–H groups in total. The van der Waals surface area contributed by atoms with Crippen molar-refractivity contribution in [2.24, 2.45) is 0 Å². The SMILES string of the molecule is CCCS(=O)(=O)Nc1ccccc1C(=O)NCc1nc(C(=O)O)cs1. The molecular formula is C15H17N3O5S2. The number of rotatable bonds is 8. The molecule has 2 aromatic rings. The summed E-state index contributed by atoms with van der Waals surface area (Å²) in [7, 11) is -3.52. The van der Waals surface area contributed by atoms with Crippen molar-refractivity contribution in [3.63, 3.8) is 0 Å². The van der Waals surface area contributed by atoms with Crippen LogP contribution in [-0.4, -0.2) is 36.1 Å². The van der Waals surface area contributed by atoms with Gasteiger partial charge in [0, 0.05) is 5.38 Å². The van der Waals surface area contributed by atoms with Crippen molar-refractivity contribution >= 4 is 38.9 Å². The monoisotopic (exact) mass is 383 g/mol. The molecule has 0 atom stereocenters. The number of carboxylic acids is 1. The molecule has 10 heteroatoms.